The number of nitriles is 1. The van der Waals surface area contributed by atoms with E-state index in [1.54, 1.807) is 0 Å². The minimum absolute atomic E-state index is 0.655. The lowest BCUT2D eigenvalue weighted by atomic mass is 9.95. The van der Waals surface area contributed by atoms with Crippen molar-refractivity contribution in [3.8, 4) is 39.7 Å². The Morgan fingerprint density at radius 1 is 0.370 bits per heavy atom. The standard InChI is InChI=1S/C43H27N3/c44-28-32-10-9-19-42(46-40-17-7-3-13-36(40)37-14-4-8-18-41(37)46)43(32)31-22-20-29(21-23-31)30-24-26-33(27-25-30)45-38-15-5-1-11-34(38)35-12-2-6-16-39(35)45/h1-27H. The fourth-order valence-electron chi connectivity index (χ4n) is 7.14. The lowest BCUT2D eigenvalue weighted by Crippen LogP contribution is -1.99. The van der Waals surface area contributed by atoms with Crippen molar-refractivity contribution in [3.05, 3.63) is 169 Å². The molecule has 0 saturated carbocycles. The molecule has 3 heteroatoms. The Hall–Kier alpha value is -6.37. The van der Waals surface area contributed by atoms with Gasteiger partial charge in [0.1, 0.15) is 0 Å². The minimum atomic E-state index is 0.655. The Morgan fingerprint density at radius 2 is 0.783 bits per heavy atom. The predicted octanol–water partition coefficient (Wildman–Crippen LogP) is 11.1. The van der Waals surface area contributed by atoms with E-state index in [1.165, 1.54) is 32.6 Å². The summed E-state index contributed by atoms with van der Waals surface area (Å²) in [5.74, 6) is 0. The first-order valence-corrected chi connectivity index (χ1v) is 15.5. The smallest absolute Gasteiger partial charge is 0.0998 e. The highest BCUT2D eigenvalue weighted by atomic mass is 15.0. The van der Waals surface area contributed by atoms with Gasteiger partial charge in [-0.05, 0) is 65.2 Å². The highest BCUT2D eigenvalue weighted by Crippen LogP contribution is 2.38. The molecule has 0 saturated heterocycles. The third-order valence-corrected chi connectivity index (χ3v) is 9.20. The van der Waals surface area contributed by atoms with Crippen LogP contribution >= 0.6 is 0 Å². The van der Waals surface area contributed by atoms with E-state index in [0.717, 1.165) is 44.7 Å². The van der Waals surface area contributed by atoms with E-state index < -0.39 is 0 Å². The monoisotopic (exact) mass is 585 g/mol. The molecule has 0 unspecified atom stereocenters. The molecule has 0 spiro atoms. The normalized spacial score (nSPS) is 11.5. The molecule has 46 heavy (non-hydrogen) atoms. The van der Waals surface area contributed by atoms with E-state index in [-0.39, 0.29) is 0 Å². The molecule has 2 aromatic heterocycles. The molecule has 0 aliphatic carbocycles. The first kappa shape index (κ1) is 26.1. The number of nitrogens with zero attached hydrogens (tertiary/aromatic N) is 3. The van der Waals surface area contributed by atoms with Gasteiger partial charge in [-0.2, -0.15) is 5.26 Å². The fourth-order valence-corrected chi connectivity index (χ4v) is 7.14. The highest BCUT2D eigenvalue weighted by molar-refractivity contribution is 6.10. The van der Waals surface area contributed by atoms with Crippen LogP contribution in [0.4, 0.5) is 0 Å². The average Bonchev–Trinajstić information content (AvgIpc) is 3.65. The van der Waals surface area contributed by atoms with Crippen LogP contribution < -0.4 is 0 Å². The highest BCUT2D eigenvalue weighted by Gasteiger charge is 2.18. The Morgan fingerprint density at radius 3 is 1.26 bits per heavy atom. The molecule has 0 fully saturated rings. The first-order valence-electron chi connectivity index (χ1n) is 15.5. The van der Waals surface area contributed by atoms with Crippen molar-refractivity contribution < 1.29 is 0 Å². The third-order valence-electron chi connectivity index (χ3n) is 9.20. The minimum Gasteiger partial charge on any atom is -0.309 e. The number of aromatic nitrogens is 2. The molecule has 0 aliphatic rings. The van der Waals surface area contributed by atoms with Gasteiger partial charge in [-0.1, -0.05) is 115 Å². The molecule has 0 aliphatic heterocycles. The second-order valence-corrected chi connectivity index (χ2v) is 11.7. The SMILES string of the molecule is N#Cc1cccc(-n2c3ccccc3c3ccccc32)c1-c1ccc(-c2ccc(-n3c4ccccc4c4ccccc43)cc2)cc1. The Balaban J connectivity index is 1.13. The molecule has 0 bridgehead atoms. The van der Waals surface area contributed by atoms with Crippen LogP contribution in [0.25, 0.3) is 77.2 Å². The van der Waals surface area contributed by atoms with Gasteiger partial charge in [-0.15, -0.1) is 0 Å². The summed E-state index contributed by atoms with van der Waals surface area (Å²) in [6.45, 7) is 0. The number of para-hydroxylation sites is 4. The molecule has 9 rings (SSSR count). The molecule has 214 valence electrons. The summed E-state index contributed by atoms with van der Waals surface area (Å²) in [5, 5.41) is 15.2. The van der Waals surface area contributed by atoms with Gasteiger partial charge in [0.05, 0.1) is 39.4 Å². The summed E-state index contributed by atoms with van der Waals surface area (Å²) in [7, 11) is 0. The van der Waals surface area contributed by atoms with Crippen molar-refractivity contribution in [2.45, 2.75) is 0 Å². The quantitative estimate of drug-likeness (QED) is 0.202. The molecular weight excluding hydrogens is 558 g/mol. The zero-order valence-electron chi connectivity index (χ0n) is 24.9. The number of rotatable bonds is 4. The van der Waals surface area contributed by atoms with Gasteiger partial charge >= 0.3 is 0 Å². The van der Waals surface area contributed by atoms with Crippen molar-refractivity contribution in [1.29, 1.82) is 5.26 Å². The van der Waals surface area contributed by atoms with E-state index in [1.807, 2.05) is 12.1 Å². The van der Waals surface area contributed by atoms with Crippen LogP contribution in [0.2, 0.25) is 0 Å². The Bertz CT molecular complexity index is 2520. The molecule has 0 amide bonds. The van der Waals surface area contributed by atoms with Gasteiger partial charge in [0.15, 0.2) is 0 Å². The average molecular weight is 586 g/mol. The van der Waals surface area contributed by atoms with Crippen LogP contribution in [0.15, 0.2) is 164 Å². The topological polar surface area (TPSA) is 33.6 Å². The van der Waals surface area contributed by atoms with Crippen molar-refractivity contribution in [2.75, 3.05) is 0 Å². The largest absolute Gasteiger partial charge is 0.309 e. The second kappa shape index (κ2) is 10.4. The van der Waals surface area contributed by atoms with E-state index in [9.17, 15) is 5.26 Å². The summed E-state index contributed by atoms with van der Waals surface area (Å²) in [4.78, 5) is 0. The van der Waals surface area contributed by atoms with Crippen molar-refractivity contribution >= 4 is 43.6 Å². The third kappa shape index (κ3) is 3.91. The fraction of sp³-hybridized carbons (Fsp3) is 0. The lowest BCUT2D eigenvalue weighted by molar-refractivity contribution is 1.18. The molecule has 0 radical (unpaired) electrons. The van der Waals surface area contributed by atoms with E-state index >= 15 is 0 Å². The van der Waals surface area contributed by atoms with Crippen LogP contribution in [0.3, 0.4) is 0 Å². The maximum absolute atomic E-state index is 10.2. The van der Waals surface area contributed by atoms with Gasteiger partial charge in [0.2, 0.25) is 0 Å². The van der Waals surface area contributed by atoms with Crippen molar-refractivity contribution in [2.24, 2.45) is 0 Å². The zero-order valence-corrected chi connectivity index (χ0v) is 24.9. The summed E-state index contributed by atoms with van der Waals surface area (Å²) in [6.07, 6.45) is 0. The van der Waals surface area contributed by atoms with E-state index in [2.05, 4.69) is 167 Å². The molecule has 0 atom stereocenters. The van der Waals surface area contributed by atoms with Gasteiger partial charge in [0.25, 0.3) is 0 Å². The van der Waals surface area contributed by atoms with Crippen LogP contribution in [0.1, 0.15) is 5.56 Å². The zero-order chi connectivity index (χ0) is 30.6. The Kier molecular flexibility index (Phi) is 5.88. The number of fused-ring (bicyclic) bond motifs is 6. The number of benzene rings is 7. The molecule has 2 heterocycles. The van der Waals surface area contributed by atoms with E-state index in [0.29, 0.717) is 5.56 Å². The summed E-state index contributed by atoms with van der Waals surface area (Å²) < 4.78 is 4.63. The van der Waals surface area contributed by atoms with Crippen LogP contribution in [0.5, 0.6) is 0 Å². The predicted molar refractivity (Wildman–Crippen MR) is 191 cm³/mol. The van der Waals surface area contributed by atoms with Crippen LogP contribution in [-0.4, -0.2) is 9.13 Å². The number of hydrogen-bond acceptors (Lipinski definition) is 1. The molecule has 9 aromatic rings. The maximum Gasteiger partial charge on any atom is 0.0998 e. The summed E-state index contributed by atoms with van der Waals surface area (Å²) in [5.41, 5.74) is 11.7. The Labute approximate surface area is 266 Å². The molecule has 0 N–H and O–H groups in total. The molecular formula is C43H27N3. The lowest BCUT2D eigenvalue weighted by Gasteiger charge is -2.16. The number of hydrogen-bond donors (Lipinski definition) is 0. The maximum atomic E-state index is 10.2. The van der Waals surface area contributed by atoms with E-state index in [4.69, 9.17) is 0 Å². The van der Waals surface area contributed by atoms with Gasteiger partial charge in [0, 0.05) is 32.8 Å². The molecule has 3 nitrogen and oxygen atoms in total. The molecule has 7 aromatic carbocycles. The van der Waals surface area contributed by atoms with Crippen molar-refractivity contribution in [1.82, 2.24) is 9.13 Å². The van der Waals surface area contributed by atoms with Gasteiger partial charge in [-0.3, -0.25) is 0 Å². The van der Waals surface area contributed by atoms with Gasteiger partial charge in [-0.25, -0.2) is 0 Å². The second-order valence-electron chi connectivity index (χ2n) is 11.7. The summed E-state index contributed by atoms with van der Waals surface area (Å²) in [6, 6.07) is 60.0. The van der Waals surface area contributed by atoms with Crippen LogP contribution in [-0.2, 0) is 0 Å². The first-order chi connectivity index (χ1) is 22.8. The van der Waals surface area contributed by atoms with Crippen LogP contribution in [0, 0.1) is 11.3 Å². The summed E-state index contributed by atoms with van der Waals surface area (Å²) >= 11 is 0. The van der Waals surface area contributed by atoms with Gasteiger partial charge < -0.3 is 9.13 Å². The van der Waals surface area contributed by atoms with Crippen molar-refractivity contribution in [3.63, 3.8) is 0 Å².